The van der Waals surface area contributed by atoms with Gasteiger partial charge in [-0.15, -0.1) is 0 Å². The normalized spacial score (nSPS) is 15.4. The molecule has 102 valence electrons. The van der Waals surface area contributed by atoms with Crippen molar-refractivity contribution >= 4 is 5.82 Å². The quantitative estimate of drug-likeness (QED) is 0.911. The Morgan fingerprint density at radius 1 is 1.35 bits per heavy atom. The van der Waals surface area contributed by atoms with Crippen LogP contribution in [-0.2, 0) is 0 Å². The van der Waals surface area contributed by atoms with Crippen LogP contribution >= 0.6 is 0 Å². The largest absolute Gasteiger partial charge is 0.382 e. The van der Waals surface area contributed by atoms with E-state index in [0.717, 1.165) is 31.4 Å². The number of hydrogen-bond acceptors (Lipinski definition) is 3. The number of aromatic nitrogens is 2. The Bertz CT molecular complexity index is 678. The molecule has 3 rings (SSSR count). The zero-order valence-electron chi connectivity index (χ0n) is 11.0. The number of halogens is 1. The summed E-state index contributed by atoms with van der Waals surface area (Å²) in [5, 5.41) is 13.8. The van der Waals surface area contributed by atoms with Crippen molar-refractivity contribution in [2.45, 2.75) is 31.6 Å². The molecule has 5 heteroatoms. The summed E-state index contributed by atoms with van der Waals surface area (Å²) in [4.78, 5) is 0. The van der Waals surface area contributed by atoms with Crippen LogP contribution in [0.25, 0.3) is 5.69 Å². The first-order valence-corrected chi connectivity index (χ1v) is 6.75. The van der Waals surface area contributed by atoms with Gasteiger partial charge in [0.2, 0.25) is 0 Å². The maximum Gasteiger partial charge on any atom is 0.145 e. The molecule has 0 spiro atoms. The van der Waals surface area contributed by atoms with E-state index in [4.69, 9.17) is 5.73 Å². The third kappa shape index (κ3) is 2.03. The summed E-state index contributed by atoms with van der Waals surface area (Å²) in [5.41, 5.74) is 7.75. The van der Waals surface area contributed by atoms with E-state index in [2.05, 4.69) is 11.2 Å². The third-order valence-corrected chi connectivity index (χ3v) is 3.85. The van der Waals surface area contributed by atoms with Crippen molar-refractivity contribution in [3.63, 3.8) is 0 Å². The van der Waals surface area contributed by atoms with Gasteiger partial charge in [-0.05, 0) is 31.0 Å². The zero-order valence-corrected chi connectivity index (χ0v) is 11.0. The average molecular weight is 270 g/mol. The maximum absolute atomic E-state index is 13.3. The van der Waals surface area contributed by atoms with E-state index >= 15 is 0 Å². The summed E-state index contributed by atoms with van der Waals surface area (Å²) in [6.45, 7) is 0. The molecule has 1 aliphatic rings. The standard InChI is InChI=1S/C15H15FN4/c16-11-6-3-7-12(8-11)20-15(18)13(9-17)14(19-20)10-4-1-2-5-10/h3,6-8,10H,1-2,4-5,18H2. The third-order valence-electron chi connectivity index (χ3n) is 3.85. The van der Waals surface area contributed by atoms with Gasteiger partial charge in [0.15, 0.2) is 0 Å². The second kappa shape index (κ2) is 4.97. The Morgan fingerprint density at radius 3 is 2.75 bits per heavy atom. The fourth-order valence-corrected chi connectivity index (χ4v) is 2.85. The van der Waals surface area contributed by atoms with Gasteiger partial charge in [0.25, 0.3) is 0 Å². The van der Waals surface area contributed by atoms with Crippen LogP contribution in [0.2, 0.25) is 0 Å². The SMILES string of the molecule is N#Cc1c(C2CCCC2)nn(-c2cccc(F)c2)c1N. The Labute approximate surface area is 116 Å². The lowest BCUT2D eigenvalue weighted by atomic mass is 10.0. The number of nitrogens with two attached hydrogens (primary N) is 1. The number of benzene rings is 1. The molecule has 0 aliphatic heterocycles. The molecule has 1 aromatic heterocycles. The van der Waals surface area contributed by atoms with Crippen LogP contribution in [0.4, 0.5) is 10.2 Å². The molecule has 1 aromatic carbocycles. The fraction of sp³-hybridized carbons (Fsp3) is 0.333. The van der Waals surface area contributed by atoms with Gasteiger partial charge in [-0.3, -0.25) is 0 Å². The minimum atomic E-state index is -0.349. The smallest absolute Gasteiger partial charge is 0.145 e. The van der Waals surface area contributed by atoms with E-state index in [9.17, 15) is 9.65 Å². The van der Waals surface area contributed by atoms with E-state index in [1.165, 1.54) is 16.8 Å². The van der Waals surface area contributed by atoms with E-state index in [1.807, 2.05) is 0 Å². The minimum absolute atomic E-state index is 0.292. The van der Waals surface area contributed by atoms with Crippen molar-refractivity contribution in [3.8, 4) is 11.8 Å². The van der Waals surface area contributed by atoms with Crippen molar-refractivity contribution < 1.29 is 4.39 Å². The molecule has 1 heterocycles. The van der Waals surface area contributed by atoms with Gasteiger partial charge in [0.1, 0.15) is 23.3 Å². The second-order valence-electron chi connectivity index (χ2n) is 5.13. The van der Waals surface area contributed by atoms with Gasteiger partial charge in [-0.1, -0.05) is 18.9 Å². The molecule has 0 saturated heterocycles. The average Bonchev–Trinajstić information content (AvgIpc) is 3.05. The van der Waals surface area contributed by atoms with Gasteiger partial charge in [0.05, 0.1) is 11.4 Å². The van der Waals surface area contributed by atoms with E-state index in [1.54, 1.807) is 12.1 Å². The van der Waals surface area contributed by atoms with Crippen molar-refractivity contribution in [2.24, 2.45) is 0 Å². The summed E-state index contributed by atoms with van der Waals surface area (Å²) in [6.07, 6.45) is 4.38. The van der Waals surface area contributed by atoms with Gasteiger partial charge in [-0.25, -0.2) is 9.07 Å². The van der Waals surface area contributed by atoms with Crippen LogP contribution in [0, 0.1) is 17.1 Å². The summed E-state index contributed by atoms with van der Waals surface area (Å²) in [5.74, 6) is 0.236. The lowest BCUT2D eigenvalue weighted by molar-refractivity contribution is 0.624. The molecule has 0 bridgehead atoms. The monoisotopic (exact) mass is 270 g/mol. The number of nitrogen functional groups attached to an aromatic ring is 1. The molecule has 0 atom stereocenters. The number of nitriles is 1. The molecule has 1 fully saturated rings. The van der Waals surface area contributed by atoms with Gasteiger partial charge in [0, 0.05) is 5.92 Å². The minimum Gasteiger partial charge on any atom is -0.382 e. The van der Waals surface area contributed by atoms with Crippen LogP contribution in [-0.4, -0.2) is 9.78 Å². The summed E-state index contributed by atoms with van der Waals surface area (Å²) in [7, 11) is 0. The van der Waals surface area contributed by atoms with Gasteiger partial charge in [-0.2, -0.15) is 10.4 Å². The van der Waals surface area contributed by atoms with Crippen LogP contribution in [0.5, 0.6) is 0 Å². The molecule has 0 unspecified atom stereocenters. The first kappa shape index (κ1) is 12.7. The highest BCUT2D eigenvalue weighted by Crippen LogP contribution is 2.37. The van der Waals surface area contributed by atoms with Gasteiger partial charge >= 0.3 is 0 Å². The van der Waals surface area contributed by atoms with E-state index in [-0.39, 0.29) is 5.82 Å². The van der Waals surface area contributed by atoms with Gasteiger partial charge < -0.3 is 5.73 Å². The lowest BCUT2D eigenvalue weighted by Crippen LogP contribution is -2.03. The van der Waals surface area contributed by atoms with Crippen LogP contribution in [0.3, 0.4) is 0 Å². The second-order valence-corrected chi connectivity index (χ2v) is 5.13. The van der Waals surface area contributed by atoms with Crippen LogP contribution < -0.4 is 5.73 Å². The molecular weight excluding hydrogens is 255 g/mol. The van der Waals surface area contributed by atoms with Crippen LogP contribution in [0.15, 0.2) is 24.3 Å². The highest BCUT2D eigenvalue weighted by molar-refractivity contribution is 5.57. The summed E-state index contributed by atoms with van der Waals surface area (Å²) >= 11 is 0. The first-order valence-electron chi connectivity index (χ1n) is 6.75. The summed E-state index contributed by atoms with van der Waals surface area (Å²) in [6, 6.07) is 8.21. The number of rotatable bonds is 2. The van der Waals surface area contributed by atoms with Crippen LogP contribution in [0.1, 0.15) is 42.9 Å². The topological polar surface area (TPSA) is 67.6 Å². The zero-order chi connectivity index (χ0) is 14.1. The molecule has 0 radical (unpaired) electrons. The molecule has 2 N–H and O–H groups in total. The molecule has 1 aliphatic carbocycles. The predicted molar refractivity (Wildman–Crippen MR) is 73.9 cm³/mol. The molecule has 4 nitrogen and oxygen atoms in total. The highest BCUT2D eigenvalue weighted by atomic mass is 19.1. The van der Waals surface area contributed by atoms with Crippen molar-refractivity contribution in [3.05, 3.63) is 41.3 Å². The lowest BCUT2D eigenvalue weighted by Gasteiger charge is -2.05. The highest BCUT2D eigenvalue weighted by Gasteiger charge is 2.26. The number of nitrogens with zero attached hydrogens (tertiary/aromatic N) is 3. The Hall–Kier alpha value is -2.35. The predicted octanol–water partition coefficient (Wildman–Crippen LogP) is 3.12. The molecular formula is C15H15FN4. The van der Waals surface area contributed by atoms with E-state index in [0.29, 0.717) is 23.0 Å². The Kier molecular flexibility index (Phi) is 3.15. The Balaban J connectivity index is 2.11. The molecule has 2 aromatic rings. The van der Waals surface area contributed by atoms with Crippen molar-refractivity contribution in [1.29, 1.82) is 5.26 Å². The van der Waals surface area contributed by atoms with E-state index < -0.39 is 0 Å². The molecule has 20 heavy (non-hydrogen) atoms. The summed E-state index contributed by atoms with van der Waals surface area (Å²) < 4.78 is 14.8. The number of anilines is 1. The van der Waals surface area contributed by atoms with Crippen molar-refractivity contribution in [1.82, 2.24) is 9.78 Å². The maximum atomic E-state index is 13.3. The molecule has 0 amide bonds. The van der Waals surface area contributed by atoms with Crippen molar-refractivity contribution in [2.75, 3.05) is 5.73 Å². The first-order chi connectivity index (χ1) is 9.70. The fourth-order valence-electron chi connectivity index (χ4n) is 2.85. The number of hydrogen-bond donors (Lipinski definition) is 1. The Morgan fingerprint density at radius 2 is 2.10 bits per heavy atom. The molecule has 1 saturated carbocycles.